The first-order valence-corrected chi connectivity index (χ1v) is 12.6. The second kappa shape index (κ2) is 11.8. The van der Waals surface area contributed by atoms with Crippen molar-refractivity contribution in [3.05, 3.63) is 65.5 Å². The summed E-state index contributed by atoms with van der Waals surface area (Å²) >= 11 is 0. The minimum atomic E-state index is -0.0245. The van der Waals surface area contributed by atoms with E-state index in [0.29, 0.717) is 12.4 Å². The Balaban J connectivity index is 1.33. The number of hydrogen-bond acceptors (Lipinski definition) is 7. The number of anilines is 2. The summed E-state index contributed by atoms with van der Waals surface area (Å²) in [4.78, 5) is 26.5. The van der Waals surface area contributed by atoms with Crippen molar-refractivity contribution in [2.24, 2.45) is 16.8 Å². The van der Waals surface area contributed by atoms with Crippen molar-refractivity contribution in [2.45, 2.75) is 52.9 Å². The predicted octanol–water partition coefficient (Wildman–Crippen LogP) is 4.54. The fourth-order valence-electron chi connectivity index (χ4n) is 4.71. The topological polar surface area (TPSA) is 126 Å². The Hall–Kier alpha value is -4.08. The normalized spacial score (nSPS) is 20.5. The van der Waals surface area contributed by atoms with Crippen LogP contribution in [0.2, 0.25) is 0 Å². The van der Waals surface area contributed by atoms with Crippen LogP contribution in [0.1, 0.15) is 56.2 Å². The van der Waals surface area contributed by atoms with Crippen LogP contribution in [0.3, 0.4) is 0 Å². The molecule has 0 radical (unpaired) electrons. The Bertz CT molecular complexity index is 1290. The first-order valence-electron chi connectivity index (χ1n) is 12.6. The summed E-state index contributed by atoms with van der Waals surface area (Å²) < 4.78 is 1.64. The number of aryl methyl sites for hydroxylation is 2. The zero-order chi connectivity index (χ0) is 26.4. The highest BCUT2D eigenvalue weighted by molar-refractivity contribution is 5.79. The highest BCUT2D eigenvalue weighted by Gasteiger charge is 2.34. The van der Waals surface area contributed by atoms with Gasteiger partial charge in [-0.05, 0) is 64.8 Å². The quantitative estimate of drug-likeness (QED) is 0.292. The molecular formula is C27H35N9O. The van der Waals surface area contributed by atoms with Gasteiger partial charge in [0.05, 0.1) is 0 Å². The summed E-state index contributed by atoms with van der Waals surface area (Å²) in [5.74, 6) is 3.44. The van der Waals surface area contributed by atoms with E-state index in [0.717, 1.165) is 53.7 Å². The van der Waals surface area contributed by atoms with Gasteiger partial charge >= 0.3 is 0 Å². The van der Waals surface area contributed by atoms with E-state index >= 15 is 0 Å². The Labute approximate surface area is 217 Å². The van der Waals surface area contributed by atoms with Crippen LogP contribution < -0.4 is 10.6 Å². The van der Waals surface area contributed by atoms with Gasteiger partial charge in [0, 0.05) is 54.3 Å². The van der Waals surface area contributed by atoms with Crippen molar-refractivity contribution in [3.63, 3.8) is 0 Å². The van der Waals surface area contributed by atoms with E-state index in [-0.39, 0.29) is 23.7 Å². The average molecular weight is 502 g/mol. The highest BCUT2D eigenvalue weighted by atomic mass is 16.1. The molecule has 1 fully saturated rings. The molecule has 1 amide bonds. The van der Waals surface area contributed by atoms with Crippen molar-refractivity contribution in [3.8, 4) is 0 Å². The van der Waals surface area contributed by atoms with Crippen molar-refractivity contribution >= 4 is 30.1 Å². The number of hydrogen-bond donors (Lipinski definition) is 3. The molecule has 1 aliphatic rings. The second-order valence-electron chi connectivity index (χ2n) is 9.77. The Kier molecular flexibility index (Phi) is 8.27. The van der Waals surface area contributed by atoms with Crippen LogP contribution in [0, 0.1) is 25.7 Å². The molecule has 3 N–H and O–H groups in total. The van der Waals surface area contributed by atoms with E-state index < -0.39 is 0 Å². The van der Waals surface area contributed by atoms with E-state index in [1.807, 2.05) is 57.3 Å². The molecule has 0 bridgehead atoms. The summed E-state index contributed by atoms with van der Waals surface area (Å²) in [6.45, 7) is 12.1. The number of aromatic nitrogens is 6. The molecule has 10 nitrogen and oxygen atoms in total. The molecule has 0 aliphatic heterocycles. The highest BCUT2D eigenvalue weighted by Crippen LogP contribution is 2.38. The van der Waals surface area contributed by atoms with Crippen LogP contribution in [0.4, 0.5) is 11.6 Å². The molecule has 3 atom stereocenters. The van der Waals surface area contributed by atoms with E-state index in [1.54, 1.807) is 10.9 Å². The molecule has 4 rings (SSSR count). The lowest BCUT2D eigenvalue weighted by atomic mass is 9.74. The van der Waals surface area contributed by atoms with Crippen molar-refractivity contribution in [2.75, 3.05) is 11.9 Å². The third kappa shape index (κ3) is 6.78. The van der Waals surface area contributed by atoms with Gasteiger partial charge in [0.15, 0.2) is 11.6 Å². The summed E-state index contributed by atoms with van der Waals surface area (Å²) in [5.41, 5.74) is 2.91. The Morgan fingerprint density at radius 2 is 2.08 bits per heavy atom. The van der Waals surface area contributed by atoms with Gasteiger partial charge in [0.25, 0.3) is 0 Å². The number of carbonyl (C=O) groups is 1. The number of nitrogens with one attached hydrogen (secondary N) is 3. The Morgan fingerprint density at radius 1 is 1.24 bits per heavy atom. The largest absolute Gasteiger partial charge is 0.352 e. The fraction of sp³-hybridized carbons (Fsp3) is 0.407. The predicted molar refractivity (Wildman–Crippen MR) is 145 cm³/mol. The SMILES string of the molecule is C=N/C(=C\C=C(/C)CNC(=O)[C@@H]1CC[C@@H](c2nc(C)cc(Nc3cc(C)[nH]n3)n2)C[C@@H]1C)n1cccn1. The third-order valence-corrected chi connectivity index (χ3v) is 6.66. The molecule has 0 spiro atoms. The molecular weight excluding hydrogens is 466 g/mol. The van der Waals surface area contributed by atoms with Gasteiger partial charge in [-0.2, -0.15) is 10.2 Å². The average Bonchev–Trinajstić information content (AvgIpc) is 3.54. The number of aliphatic imine (C=N–C) groups is 1. The minimum Gasteiger partial charge on any atom is -0.352 e. The summed E-state index contributed by atoms with van der Waals surface area (Å²) in [7, 11) is 0. The van der Waals surface area contributed by atoms with Crippen LogP contribution in [0.5, 0.6) is 0 Å². The molecule has 0 unspecified atom stereocenters. The Morgan fingerprint density at radius 3 is 2.76 bits per heavy atom. The van der Waals surface area contributed by atoms with Crippen LogP contribution in [-0.2, 0) is 4.79 Å². The molecule has 0 aromatic carbocycles. The van der Waals surface area contributed by atoms with E-state index in [2.05, 4.69) is 44.6 Å². The van der Waals surface area contributed by atoms with Gasteiger partial charge in [0.2, 0.25) is 5.91 Å². The molecule has 3 aromatic rings. The lowest BCUT2D eigenvalue weighted by Crippen LogP contribution is -2.38. The van der Waals surface area contributed by atoms with Crippen molar-refractivity contribution < 1.29 is 4.79 Å². The number of nitrogens with zero attached hydrogens (tertiary/aromatic N) is 6. The zero-order valence-corrected chi connectivity index (χ0v) is 21.9. The first-order chi connectivity index (χ1) is 17.8. The molecule has 194 valence electrons. The van der Waals surface area contributed by atoms with E-state index in [4.69, 9.17) is 9.97 Å². The van der Waals surface area contributed by atoms with Gasteiger partial charge in [-0.15, -0.1) is 0 Å². The summed E-state index contributed by atoms with van der Waals surface area (Å²) in [6, 6.07) is 5.68. The first kappa shape index (κ1) is 26.0. The maximum absolute atomic E-state index is 13.0. The zero-order valence-electron chi connectivity index (χ0n) is 21.9. The number of carbonyl (C=O) groups excluding carboxylic acids is 1. The van der Waals surface area contributed by atoms with E-state index in [1.165, 1.54) is 0 Å². The van der Waals surface area contributed by atoms with Gasteiger partial charge in [-0.3, -0.25) is 9.89 Å². The second-order valence-corrected chi connectivity index (χ2v) is 9.77. The van der Waals surface area contributed by atoms with Crippen LogP contribution >= 0.6 is 0 Å². The minimum absolute atomic E-state index is 0.0245. The van der Waals surface area contributed by atoms with Crippen molar-refractivity contribution in [1.82, 2.24) is 35.3 Å². The molecule has 3 heterocycles. The van der Waals surface area contributed by atoms with Gasteiger partial charge < -0.3 is 10.6 Å². The molecule has 10 heteroatoms. The molecule has 0 saturated heterocycles. The third-order valence-electron chi connectivity index (χ3n) is 6.66. The molecule has 1 saturated carbocycles. The van der Waals surface area contributed by atoms with Gasteiger partial charge in [-0.1, -0.05) is 18.6 Å². The number of allylic oxidation sites excluding steroid dienone is 2. The maximum atomic E-state index is 13.0. The monoisotopic (exact) mass is 501 g/mol. The number of amides is 1. The van der Waals surface area contributed by atoms with Gasteiger partial charge in [-0.25, -0.2) is 19.6 Å². The number of H-pyrrole nitrogens is 1. The van der Waals surface area contributed by atoms with Crippen molar-refractivity contribution in [1.29, 1.82) is 0 Å². The summed E-state index contributed by atoms with van der Waals surface area (Å²) in [5, 5.41) is 17.7. The molecule has 3 aromatic heterocycles. The van der Waals surface area contributed by atoms with Crippen LogP contribution in [0.15, 0.2) is 53.3 Å². The fourth-order valence-corrected chi connectivity index (χ4v) is 4.71. The lowest BCUT2D eigenvalue weighted by Gasteiger charge is -2.32. The summed E-state index contributed by atoms with van der Waals surface area (Å²) in [6.07, 6.45) is 9.82. The number of rotatable bonds is 9. The van der Waals surface area contributed by atoms with Crippen LogP contribution in [0.25, 0.3) is 5.82 Å². The molecule has 1 aliphatic carbocycles. The maximum Gasteiger partial charge on any atom is 0.223 e. The lowest BCUT2D eigenvalue weighted by molar-refractivity contribution is -0.127. The molecule has 37 heavy (non-hydrogen) atoms. The van der Waals surface area contributed by atoms with Gasteiger partial charge in [0.1, 0.15) is 11.6 Å². The number of aromatic amines is 1. The van der Waals surface area contributed by atoms with Crippen LogP contribution in [-0.4, -0.2) is 49.1 Å². The smallest absolute Gasteiger partial charge is 0.223 e. The van der Waals surface area contributed by atoms with E-state index in [9.17, 15) is 4.79 Å². The standard InChI is InChI=1S/C27H35N9O/c1-17(7-10-25(28-5)36-12-6-11-30-36)16-29-27(37)22-9-8-21(13-18(22)2)26-31-19(3)14-23(33-26)32-24-15-20(4)34-35-24/h6-7,10-12,14-15,18,21-22H,5,8-9,13,16H2,1-4H3,(H,29,37)(H2,31,32,33,34,35)/b17-7+,25-10+/t18-,21+,22+/m0/s1.